The summed E-state index contributed by atoms with van der Waals surface area (Å²) < 4.78 is 18.6. The summed E-state index contributed by atoms with van der Waals surface area (Å²) in [4.78, 5) is 35.9. The first-order chi connectivity index (χ1) is 13.5. The fourth-order valence-corrected chi connectivity index (χ4v) is 3.60. The quantitative estimate of drug-likeness (QED) is 0.508. The third kappa shape index (κ3) is 7.88. The molecule has 28 heavy (non-hydrogen) atoms. The normalized spacial score (nSPS) is 15.9. The van der Waals surface area contributed by atoms with Gasteiger partial charge in [0, 0.05) is 6.04 Å². The molecule has 154 valence electrons. The predicted octanol–water partition coefficient (Wildman–Crippen LogP) is 3.27. The Morgan fingerprint density at radius 2 is 1.82 bits per heavy atom. The van der Waals surface area contributed by atoms with Crippen molar-refractivity contribution in [3.8, 4) is 0 Å². The van der Waals surface area contributed by atoms with Gasteiger partial charge < -0.3 is 15.4 Å². The minimum absolute atomic E-state index is 0.0217. The molecule has 1 fully saturated rings. The SMILES string of the molecule is C[C@@H](OC(=O)CSCC(=O)Nc1ccccc1F)C(=O)NC1CCCCCC1. The molecule has 1 saturated carbocycles. The molecule has 0 aromatic heterocycles. The molecule has 1 aliphatic carbocycles. The number of esters is 1. The summed E-state index contributed by atoms with van der Waals surface area (Å²) in [6.45, 7) is 1.54. The fraction of sp³-hybridized carbons (Fsp3) is 0.550. The zero-order valence-corrected chi connectivity index (χ0v) is 16.9. The number of amides is 2. The lowest BCUT2D eigenvalue weighted by Crippen LogP contribution is -2.42. The van der Waals surface area contributed by atoms with Crippen LogP contribution in [0.15, 0.2) is 24.3 Å². The Morgan fingerprint density at radius 3 is 2.50 bits per heavy atom. The van der Waals surface area contributed by atoms with Gasteiger partial charge in [0.05, 0.1) is 17.2 Å². The maximum atomic E-state index is 13.5. The number of hydrogen-bond acceptors (Lipinski definition) is 5. The Morgan fingerprint density at radius 1 is 1.14 bits per heavy atom. The van der Waals surface area contributed by atoms with Crippen molar-refractivity contribution in [2.75, 3.05) is 16.8 Å². The standard InChI is InChI=1S/C20H27FN2O4S/c1-14(20(26)22-15-8-4-2-3-5-9-15)27-19(25)13-28-12-18(24)23-17-11-7-6-10-16(17)21/h6-7,10-11,14-15H,2-5,8-9,12-13H2,1H3,(H,22,26)(H,23,24)/t14-/m1/s1. The van der Waals surface area contributed by atoms with Crippen LogP contribution in [0.5, 0.6) is 0 Å². The lowest BCUT2D eigenvalue weighted by molar-refractivity contribution is -0.152. The highest BCUT2D eigenvalue weighted by Crippen LogP contribution is 2.17. The number of para-hydroxylation sites is 1. The second-order valence-electron chi connectivity index (χ2n) is 6.85. The number of hydrogen-bond donors (Lipinski definition) is 2. The van der Waals surface area contributed by atoms with E-state index < -0.39 is 23.8 Å². The topological polar surface area (TPSA) is 84.5 Å². The zero-order valence-electron chi connectivity index (χ0n) is 16.0. The van der Waals surface area contributed by atoms with Crippen molar-refractivity contribution in [1.82, 2.24) is 5.32 Å². The Bertz CT molecular complexity index is 678. The second-order valence-corrected chi connectivity index (χ2v) is 7.84. The van der Waals surface area contributed by atoms with E-state index in [1.54, 1.807) is 13.0 Å². The van der Waals surface area contributed by atoms with Crippen LogP contribution in [0, 0.1) is 5.82 Å². The molecule has 1 aromatic carbocycles. The van der Waals surface area contributed by atoms with Crippen molar-refractivity contribution >= 4 is 35.2 Å². The van der Waals surface area contributed by atoms with E-state index >= 15 is 0 Å². The number of benzene rings is 1. The summed E-state index contributed by atoms with van der Waals surface area (Å²) in [6.07, 6.45) is 5.63. The van der Waals surface area contributed by atoms with E-state index in [2.05, 4.69) is 10.6 Å². The van der Waals surface area contributed by atoms with Crippen molar-refractivity contribution in [2.45, 2.75) is 57.6 Å². The third-order valence-corrected chi connectivity index (χ3v) is 5.39. The Labute approximate surface area is 169 Å². The van der Waals surface area contributed by atoms with E-state index in [9.17, 15) is 18.8 Å². The van der Waals surface area contributed by atoms with Gasteiger partial charge in [-0.25, -0.2) is 4.39 Å². The van der Waals surface area contributed by atoms with Gasteiger partial charge in [-0.3, -0.25) is 14.4 Å². The van der Waals surface area contributed by atoms with Crippen molar-refractivity contribution in [3.63, 3.8) is 0 Å². The van der Waals surface area contributed by atoms with Gasteiger partial charge in [0.25, 0.3) is 5.91 Å². The lowest BCUT2D eigenvalue weighted by Gasteiger charge is -2.19. The van der Waals surface area contributed by atoms with Gasteiger partial charge in [0.15, 0.2) is 6.10 Å². The van der Waals surface area contributed by atoms with Crippen LogP contribution in [0.25, 0.3) is 0 Å². The van der Waals surface area contributed by atoms with Gasteiger partial charge in [-0.05, 0) is 31.9 Å². The van der Waals surface area contributed by atoms with Crippen LogP contribution in [-0.2, 0) is 19.1 Å². The smallest absolute Gasteiger partial charge is 0.316 e. The Hall–Kier alpha value is -2.09. The van der Waals surface area contributed by atoms with Crippen LogP contribution in [0.2, 0.25) is 0 Å². The highest BCUT2D eigenvalue weighted by molar-refractivity contribution is 8.00. The largest absolute Gasteiger partial charge is 0.452 e. The molecule has 0 spiro atoms. The maximum Gasteiger partial charge on any atom is 0.316 e. The minimum atomic E-state index is -0.872. The van der Waals surface area contributed by atoms with Crippen molar-refractivity contribution in [1.29, 1.82) is 0 Å². The van der Waals surface area contributed by atoms with E-state index in [0.717, 1.165) is 37.4 Å². The summed E-state index contributed by atoms with van der Waals surface area (Å²) in [5, 5.41) is 5.39. The lowest BCUT2D eigenvalue weighted by atomic mass is 10.1. The van der Waals surface area contributed by atoms with Gasteiger partial charge in [0.2, 0.25) is 5.91 Å². The molecule has 1 aromatic rings. The van der Waals surface area contributed by atoms with Gasteiger partial charge in [-0.15, -0.1) is 11.8 Å². The highest BCUT2D eigenvalue weighted by Gasteiger charge is 2.22. The van der Waals surface area contributed by atoms with Gasteiger partial charge in [-0.1, -0.05) is 37.8 Å². The fourth-order valence-electron chi connectivity index (χ4n) is 3.00. The van der Waals surface area contributed by atoms with E-state index in [4.69, 9.17) is 4.74 Å². The summed E-state index contributed by atoms with van der Waals surface area (Å²) in [6, 6.07) is 6.00. The monoisotopic (exact) mass is 410 g/mol. The molecule has 2 amide bonds. The number of halogens is 1. The van der Waals surface area contributed by atoms with Crippen molar-refractivity contribution in [2.24, 2.45) is 0 Å². The number of rotatable bonds is 8. The predicted molar refractivity (Wildman–Crippen MR) is 108 cm³/mol. The molecule has 0 unspecified atom stereocenters. The van der Waals surface area contributed by atoms with Crippen LogP contribution in [-0.4, -0.2) is 41.4 Å². The van der Waals surface area contributed by atoms with Gasteiger partial charge >= 0.3 is 5.97 Å². The second kappa shape index (κ2) is 11.7. The van der Waals surface area contributed by atoms with E-state index in [-0.39, 0.29) is 29.1 Å². The highest BCUT2D eigenvalue weighted by atomic mass is 32.2. The Balaban J connectivity index is 1.64. The first-order valence-electron chi connectivity index (χ1n) is 9.57. The summed E-state index contributed by atoms with van der Waals surface area (Å²) in [5.74, 6) is -1.87. The van der Waals surface area contributed by atoms with Crippen LogP contribution in [0.4, 0.5) is 10.1 Å². The first kappa shape index (κ1) is 22.2. The number of ether oxygens (including phenoxy) is 1. The van der Waals surface area contributed by atoms with Crippen LogP contribution >= 0.6 is 11.8 Å². The average molecular weight is 411 g/mol. The molecule has 2 rings (SSSR count). The number of carbonyl (C=O) groups excluding carboxylic acids is 3. The molecule has 8 heteroatoms. The van der Waals surface area contributed by atoms with E-state index in [1.807, 2.05) is 0 Å². The number of thioether (sulfide) groups is 1. The van der Waals surface area contributed by atoms with Crippen LogP contribution in [0.1, 0.15) is 45.4 Å². The minimum Gasteiger partial charge on any atom is -0.452 e. The van der Waals surface area contributed by atoms with Crippen molar-refractivity contribution in [3.05, 3.63) is 30.1 Å². The molecule has 0 bridgehead atoms. The van der Waals surface area contributed by atoms with Crippen LogP contribution < -0.4 is 10.6 Å². The number of anilines is 1. The molecule has 0 heterocycles. The molecule has 1 aliphatic rings. The summed E-state index contributed by atoms with van der Waals surface area (Å²) in [7, 11) is 0. The third-order valence-electron chi connectivity index (χ3n) is 4.48. The summed E-state index contributed by atoms with van der Waals surface area (Å²) in [5.41, 5.74) is 0.0967. The van der Waals surface area contributed by atoms with Gasteiger partial charge in [0.1, 0.15) is 5.82 Å². The molecule has 0 radical (unpaired) electrons. The molecule has 0 aliphatic heterocycles. The Kier molecular flexibility index (Phi) is 9.27. The van der Waals surface area contributed by atoms with Crippen molar-refractivity contribution < 1.29 is 23.5 Å². The zero-order chi connectivity index (χ0) is 20.4. The molecule has 1 atom stereocenters. The van der Waals surface area contributed by atoms with Crippen LogP contribution in [0.3, 0.4) is 0 Å². The molecular weight excluding hydrogens is 383 g/mol. The maximum absolute atomic E-state index is 13.5. The molecular formula is C20H27FN2O4S. The van der Waals surface area contributed by atoms with E-state index in [0.29, 0.717) is 0 Å². The molecule has 0 saturated heterocycles. The number of carbonyl (C=O) groups is 3. The van der Waals surface area contributed by atoms with E-state index in [1.165, 1.54) is 31.0 Å². The number of nitrogens with one attached hydrogen (secondary N) is 2. The first-order valence-corrected chi connectivity index (χ1v) is 10.7. The summed E-state index contributed by atoms with van der Waals surface area (Å²) >= 11 is 1.05. The average Bonchev–Trinajstić information content (AvgIpc) is 2.92. The molecule has 6 nitrogen and oxygen atoms in total. The van der Waals surface area contributed by atoms with Gasteiger partial charge in [-0.2, -0.15) is 0 Å². The molecule has 2 N–H and O–H groups in total.